The molecule has 18 heavy (non-hydrogen) atoms. The van der Waals surface area contributed by atoms with Crippen LogP contribution in [0.15, 0.2) is 18.2 Å². The highest BCUT2D eigenvalue weighted by molar-refractivity contribution is 5.98. The first-order valence-corrected chi connectivity index (χ1v) is 5.94. The Labute approximate surface area is 104 Å². The van der Waals surface area contributed by atoms with E-state index in [9.17, 15) is 9.59 Å². The molecule has 1 aromatic rings. The summed E-state index contributed by atoms with van der Waals surface area (Å²) in [6, 6.07) is 5.50. The van der Waals surface area contributed by atoms with E-state index in [2.05, 4.69) is 5.32 Å². The summed E-state index contributed by atoms with van der Waals surface area (Å²) in [5, 5.41) is 11.5. The monoisotopic (exact) mass is 247 g/mol. The molecule has 3 rings (SSSR count). The number of benzene rings is 1. The Morgan fingerprint density at radius 2 is 2.17 bits per heavy atom. The summed E-state index contributed by atoms with van der Waals surface area (Å²) in [6.45, 7) is 0.677. The van der Waals surface area contributed by atoms with Crippen molar-refractivity contribution in [1.29, 1.82) is 0 Å². The van der Waals surface area contributed by atoms with Crippen LogP contribution < -0.4 is 10.1 Å². The first kappa shape index (κ1) is 11.1. The summed E-state index contributed by atoms with van der Waals surface area (Å²) in [6.07, 6.45) is 1.29. The Morgan fingerprint density at radius 1 is 1.33 bits per heavy atom. The van der Waals surface area contributed by atoms with Gasteiger partial charge in [0.15, 0.2) is 0 Å². The highest BCUT2D eigenvalue weighted by atomic mass is 16.5. The second-order valence-electron chi connectivity index (χ2n) is 4.70. The van der Waals surface area contributed by atoms with Crippen LogP contribution in [0.25, 0.3) is 0 Å². The van der Waals surface area contributed by atoms with Gasteiger partial charge in [0.1, 0.15) is 5.75 Å². The van der Waals surface area contributed by atoms with Crippen LogP contribution in [0.2, 0.25) is 0 Å². The predicted octanol–water partition coefficient (Wildman–Crippen LogP) is 1.28. The van der Waals surface area contributed by atoms with E-state index in [1.54, 1.807) is 6.07 Å². The van der Waals surface area contributed by atoms with Gasteiger partial charge in [0, 0.05) is 12.1 Å². The summed E-state index contributed by atoms with van der Waals surface area (Å²) in [5.74, 6) is -1.13. The Bertz CT molecular complexity index is 526. The van der Waals surface area contributed by atoms with Crippen LogP contribution in [0, 0.1) is 11.8 Å². The molecule has 1 aromatic carbocycles. The largest absolute Gasteiger partial charge is 0.493 e. The van der Waals surface area contributed by atoms with Crippen molar-refractivity contribution in [2.24, 2.45) is 11.8 Å². The first-order valence-electron chi connectivity index (χ1n) is 5.94. The molecule has 1 amide bonds. The third-order valence-electron chi connectivity index (χ3n) is 3.40. The van der Waals surface area contributed by atoms with Gasteiger partial charge in [-0.3, -0.25) is 9.59 Å². The molecule has 94 valence electrons. The van der Waals surface area contributed by atoms with E-state index in [4.69, 9.17) is 9.84 Å². The number of ether oxygens (including phenoxy) is 1. The maximum absolute atomic E-state index is 11.8. The van der Waals surface area contributed by atoms with Gasteiger partial charge in [0.05, 0.1) is 18.4 Å². The lowest BCUT2D eigenvalue weighted by atomic mass is 10.1. The van der Waals surface area contributed by atoms with Crippen LogP contribution >= 0.6 is 0 Å². The van der Waals surface area contributed by atoms with E-state index in [-0.39, 0.29) is 11.8 Å². The van der Waals surface area contributed by atoms with Gasteiger partial charge in [0.25, 0.3) is 0 Å². The lowest BCUT2D eigenvalue weighted by Gasteiger charge is -2.06. The Hall–Kier alpha value is -2.04. The maximum Gasteiger partial charge on any atom is 0.307 e. The number of rotatable bonds is 3. The fourth-order valence-electron chi connectivity index (χ4n) is 2.26. The van der Waals surface area contributed by atoms with E-state index in [1.807, 2.05) is 12.1 Å². The minimum atomic E-state index is -0.891. The highest BCUT2D eigenvalue weighted by Crippen LogP contribution is 2.39. The van der Waals surface area contributed by atoms with Crippen molar-refractivity contribution in [1.82, 2.24) is 0 Å². The molecular formula is C13H13NO4. The van der Waals surface area contributed by atoms with Crippen LogP contribution in [0.3, 0.4) is 0 Å². The van der Waals surface area contributed by atoms with E-state index >= 15 is 0 Å². The molecule has 0 unspecified atom stereocenters. The second kappa shape index (κ2) is 4.01. The molecule has 5 heteroatoms. The van der Waals surface area contributed by atoms with Crippen LogP contribution in [0.1, 0.15) is 12.0 Å². The molecule has 0 aromatic heterocycles. The van der Waals surface area contributed by atoms with Gasteiger partial charge in [-0.25, -0.2) is 0 Å². The average molecular weight is 247 g/mol. The van der Waals surface area contributed by atoms with Gasteiger partial charge in [-0.15, -0.1) is 0 Å². The summed E-state index contributed by atoms with van der Waals surface area (Å²) in [5.41, 5.74) is 1.79. The molecule has 2 N–H and O–H groups in total. The van der Waals surface area contributed by atoms with Crippen molar-refractivity contribution in [3.63, 3.8) is 0 Å². The van der Waals surface area contributed by atoms with Gasteiger partial charge in [-0.05, 0) is 30.2 Å². The lowest BCUT2D eigenvalue weighted by molar-refractivity contribution is -0.139. The van der Waals surface area contributed by atoms with Crippen LogP contribution in [-0.2, 0) is 16.0 Å². The minimum absolute atomic E-state index is 0.207. The third kappa shape index (κ3) is 1.92. The smallest absolute Gasteiger partial charge is 0.307 e. The molecule has 0 saturated heterocycles. The third-order valence-corrected chi connectivity index (χ3v) is 3.40. The van der Waals surface area contributed by atoms with E-state index < -0.39 is 11.9 Å². The number of carboxylic acid groups (broad SMARTS) is 1. The molecule has 1 aliphatic heterocycles. The molecule has 2 atom stereocenters. The van der Waals surface area contributed by atoms with E-state index in [1.165, 1.54) is 0 Å². The van der Waals surface area contributed by atoms with Gasteiger partial charge in [-0.1, -0.05) is 0 Å². The first-order chi connectivity index (χ1) is 8.65. The maximum atomic E-state index is 11.8. The summed E-state index contributed by atoms with van der Waals surface area (Å²) in [4.78, 5) is 22.5. The fraction of sp³-hybridized carbons (Fsp3) is 0.385. The van der Waals surface area contributed by atoms with Gasteiger partial charge in [0.2, 0.25) is 5.91 Å². The van der Waals surface area contributed by atoms with Gasteiger partial charge >= 0.3 is 5.97 Å². The number of anilines is 1. The number of carbonyl (C=O) groups is 2. The Morgan fingerprint density at radius 3 is 2.89 bits per heavy atom. The number of fused-ring (bicyclic) bond motifs is 1. The molecule has 2 aliphatic rings. The van der Waals surface area contributed by atoms with Crippen LogP contribution in [0.5, 0.6) is 5.75 Å². The molecule has 5 nitrogen and oxygen atoms in total. The standard InChI is InChI=1S/C13H13NO4/c15-12(9-6-10(9)13(16)17)14-8-1-2-11-7(5-8)3-4-18-11/h1-2,5,9-10H,3-4,6H2,(H,14,15)(H,16,17)/t9-,10+/m1/s1. The van der Waals surface area contributed by atoms with Gasteiger partial charge in [-0.2, -0.15) is 0 Å². The number of amides is 1. The number of nitrogens with one attached hydrogen (secondary N) is 1. The summed E-state index contributed by atoms with van der Waals surface area (Å²) in [7, 11) is 0. The number of hydrogen-bond acceptors (Lipinski definition) is 3. The molecule has 1 heterocycles. The van der Waals surface area contributed by atoms with Crippen molar-refractivity contribution < 1.29 is 19.4 Å². The number of carboxylic acids is 1. The Kier molecular flexibility index (Phi) is 2.47. The number of aliphatic carboxylic acids is 1. The molecule has 1 saturated carbocycles. The minimum Gasteiger partial charge on any atom is -0.493 e. The highest BCUT2D eigenvalue weighted by Gasteiger charge is 2.48. The number of hydrogen-bond donors (Lipinski definition) is 2. The van der Waals surface area contributed by atoms with Crippen LogP contribution in [0.4, 0.5) is 5.69 Å². The lowest BCUT2D eigenvalue weighted by Crippen LogP contribution is -2.16. The van der Waals surface area contributed by atoms with Crippen molar-refractivity contribution in [2.45, 2.75) is 12.8 Å². The van der Waals surface area contributed by atoms with Crippen LogP contribution in [-0.4, -0.2) is 23.6 Å². The quantitative estimate of drug-likeness (QED) is 0.843. The molecular weight excluding hydrogens is 234 g/mol. The van der Waals surface area contributed by atoms with Gasteiger partial charge < -0.3 is 15.2 Å². The Balaban J connectivity index is 1.67. The summed E-state index contributed by atoms with van der Waals surface area (Å²) < 4.78 is 5.38. The zero-order valence-corrected chi connectivity index (χ0v) is 9.68. The van der Waals surface area contributed by atoms with Crippen molar-refractivity contribution in [3.8, 4) is 5.75 Å². The zero-order valence-electron chi connectivity index (χ0n) is 9.68. The normalized spacial score (nSPS) is 24.0. The van der Waals surface area contributed by atoms with Crippen molar-refractivity contribution in [3.05, 3.63) is 23.8 Å². The SMILES string of the molecule is O=C(O)[C@H]1C[C@H]1C(=O)Nc1ccc2c(c1)CCO2. The van der Waals surface area contributed by atoms with Crippen molar-refractivity contribution in [2.75, 3.05) is 11.9 Å². The summed E-state index contributed by atoms with van der Waals surface area (Å²) >= 11 is 0. The van der Waals surface area contributed by atoms with E-state index in [0.29, 0.717) is 18.7 Å². The average Bonchev–Trinajstić information content (AvgIpc) is 3.02. The molecule has 0 radical (unpaired) electrons. The van der Waals surface area contributed by atoms with Crippen molar-refractivity contribution >= 4 is 17.6 Å². The molecule has 0 bridgehead atoms. The zero-order chi connectivity index (χ0) is 12.7. The molecule has 1 fully saturated rings. The second-order valence-corrected chi connectivity index (χ2v) is 4.70. The molecule has 0 spiro atoms. The number of carbonyl (C=O) groups excluding carboxylic acids is 1. The molecule has 1 aliphatic carbocycles. The predicted molar refractivity (Wildman–Crippen MR) is 63.5 cm³/mol. The van der Waals surface area contributed by atoms with E-state index in [0.717, 1.165) is 17.7 Å². The topological polar surface area (TPSA) is 75.6 Å². The fourth-order valence-corrected chi connectivity index (χ4v) is 2.26.